The van der Waals surface area contributed by atoms with Gasteiger partial charge in [-0.2, -0.15) is 0 Å². The molecule has 0 aromatic heterocycles. The molecule has 1 unspecified atom stereocenters. The minimum absolute atomic E-state index is 0.340. The molecule has 1 aliphatic heterocycles. The zero-order valence-electron chi connectivity index (χ0n) is 11.8. The maximum atomic E-state index is 5.77. The molecule has 3 rings (SSSR count). The van der Waals surface area contributed by atoms with Gasteiger partial charge in [-0.1, -0.05) is 24.3 Å². The van der Waals surface area contributed by atoms with Crippen LogP contribution in [0.3, 0.4) is 0 Å². The van der Waals surface area contributed by atoms with Crippen LogP contribution in [0.5, 0.6) is 0 Å². The molecule has 0 radical (unpaired) electrons. The zero-order chi connectivity index (χ0) is 13.1. The molecular weight excluding hydrogens is 236 g/mol. The molecule has 0 spiro atoms. The quantitative estimate of drug-likeness (QED) is 0.876. The van der Waals surface area contributed by atoms with E-state index in [-0.39, 0.29) is 0 Å². The average molecular weight is 260 g/mol. The minimum Gasteiger partial charge on any atom is -0.374 e. The summed E-state index contributed by atoms with van der Waals surface area (Å²) in [6, 6.07) is 8.86. The summed E-state index contributed by atoms with van der Waals surface area (Å²) < 4.78 is 5.77. The lowest BCUT2D eigenvalue weighted by Gasteiger charge is -2.30. The number of ether oxygens (including phenoxy) is 1. The molecule has 1 aromatic rings. The molecule has 3 heteroatoms. The van der Waals surface area contributed by atoms with Crippen molar-refractivity contribution in [2.45, 2.75) is 31.4 Å². The predicted molar refractivity (Wildman–Crippen MR) is 77.4 cm³/mol. The predicted octanol–water partition coefficient (Wildman–Crippen LogP) is 1.98. The number of likely N-dealkylation sites (N-methyl/N-ethyl adjacent to an activating group) is 1. The summed E-state index contributed by atoms with van der Waals surface area (Å²) in [5, 5.41) is 3.56. The SMILES string of the molecule is CN1CCOC(CNCc2ccccc2C2CC2)C1. The number of rotatable bonds is 5. The van der Waals surface area contributed by atoms with Crippen LogP contribution < -0.4 is 5.32 Å². The van der Waals surface area contributed by atoms with Gasteiger partial charge in [0.15, 0.2) is 0 Å². The van der Waals surface area contributed by atoms with Crippen LogP contribution in [0.4, 0.5) is 0 Å². The number of hydrogen-bond donors (Lipinski definition) is 1. The Balaban J connectivity index is 1.49. The molecule has 1 N–H and O–H groups in total. The number of hydrogen-bond acceptors (Lipinski definition) is 3. The molecular formula is C16H24N2O. The summed E-state index contributed by atoms with van der Waals surface area (Å²) in [4.78, 5) is 2.34. The molecule has 104 valence electrons. The molecule has 1 aromatic carbocycles. The van der Waals surface area contributed by atoms with E-state index in [4.69, 9.17) is 4.74 Å². The van der Waals surface area contributed by atoms with E-state index < -0.39 is 0 Å². The molecule has 0 bridgehead atoms. The summed E-state index contributed by atoms with van der Waals surface area (Å²) in [7, 11) is 2.16. The van der Waals surface area contributed by atoms with E-state index in [2.05, 4.69) is 41.5 Å². The van der Waals surface area contributed by atoms with Gasteiger partial charge in [0, 0.05) is 26.2 Å². The highest BCUT2D eigenvalue weighted by molar-refractivity contribution is 5.33. The smallest absolute Gasteiger partial charge is 0.0826 e. The van der Waals surface area contributed by atoms with Gasteiger partial charge in [0.2, 0.25) is 0 Å². The maximum Gasteiger partial charge on any atom is 0.0826 e. The molecule has 3 nitrogen and oxygen atoms in total. The third-order valence-corrected chi connectivity index (χ3v) is 4.10. The first-order valence-electron chi connectivity index (χ1n) is 7.41. The molecule has 1 aliphatic carbocycles. The second-order valence-corrected chi connectivity index (χ2v) is 5.86. The highest BCUT2D eigenvalue weighted by atomic mass is 16.5. The van der Waals surface area contributed by atoms with Crippen molar-refractivity contribution in [3.05, 3.63) is 35.4 Å². The van der Waals surface area contributed by atoms with Gasteiger partial charge < -0.3 is 15.0 Å². The molecule has 19 heavy (non-hydrogen) atoms. The number of morpholine rings is 1. The monoisotopic (exact) mass is 260 g/mol. The zero-order valence-corrected chi connectivity index (χ0v) is 11.8. The van der Waals surface area contributed by atoms with Crippen LogP contribution in [0, 0.1) is 0 Å². The van der Waals surface area contributed by atoms with E-state index >= 15 is 0 Å². The van der Waals surface area contributed by atoms with Crippen LogP contribution in [0.25, 0.3) is 0 Å². The first kappa shape index (κ1) is 13.1. The Hall–Kier alpha value is -0.900. The van der Waals surface area contributed by atoms with Gasteiger partial charge >= 0.3 is 0 Å². The van der Waals surface area contributed by atoms with Crippen LogP contribution in [0.1, 0.15) is 29.9 Å². The Morgan fingerprint density at radius 1 is 1.32 bits per heavy atom. The van der Waals surface area contributed by atoms with Gasteiger partial charge in [-0.05, 0) is 36.9 Å². The van der Waals surface area contributed by atoms with Gasteiger partial charge in [0.05, 0.1) is 12.7 Å². The van der Waals surface area contributed by atoms with Crippen LogP contribution in [-0.4, -0.2) is 44.3 Å². The molecule has 2 fully saturated rings. The summed E-state index contributed by atoms with van der Waals surface area (Å²) in [5.74, 6) is 0.829. The number of nitrogens with one attached hydrogen (secondary N) is 1. The van der Waals surface area contributed by atoms with Gasteiger partial charge in [-0.15, -0.1) is 0 Å². The van der Waals surface area contributed by atoms with Gasteiger partial charge in [0.25, 0.3) is 0 Å². The van der Waals surface area contributed by atoms with Crippen molar-refractivity contribution in [1.29, 1.82) is 0 Å². The Kier molecular flexibility index (Phi) is 4.16. The molecule has 1 heterocycles. The third-order valence-electron chi connectivity index (χ3n) is 4.10. The molecule has 1 saturated carbocycles. The average Bonchev–Trinajstić information content (AvgIpc) is 3.24. The fourth-order valence-corrected chi connectivity index (χ4v) is 2.85. The normalized spacial score (nSPS) is 24.6. The summed E-state index contributed by atoms with van der Waals surface area (Å²) in [6.45, 7) is 4.87. The lowest BCUT2D eigenvalue weighted by Crippen LogP contribution is -2.44. The Labute approximate surface area is 115 Å². The Morgan fingerprint density at radius 3 is 2.95 bits per heavy atom. The second-order valence-electron chi connectivity index (χ2n) is 5.86. The molecule has 2 aliphatic rings. The topological polar surface area (TPSA) is 24.5 Å². The lowest BCUT2D eigenvalue weighted by atomic mass is 10.0. The number of nitrogens with zero attached hydrogens (tertiary/aromatic N) is 1. The Bertz CT molecular complexity index is 417. The molecule has 0 amide bonds. The number of benzene rings is 1. The maximum absolute atomic E-state index is 5.77. The van der Waals surface area contributed by atoms with Crippen molar-refractivity contribution in [2.24, 2.45) is 0 Å². The third kappa shape index (κ3) is 3.56. The largest absolute Gasteiger partial charge is 0.374 e. The fourth-order valence-electron chi connectivity index (χ4n) is 2.85. The van der Waals surface area contributed by atoms with E-state index in [9.17, 15) is 0 Å². The van der Waals surface area contributed by atoms with E-state index in [0.29, 0.717) is 6.10 Å². The van der Waals surface area contributed by atoms with Crippen LogP contribution in [0.15, 0.2) is 24.3 Å². The summed E-state index contributed by atoms with van der Waals surface area (Å²) in [5.41, 5.74) is 3.02. The van der Waals surface area contributed by atoms with Crippen molar-refractivity contribution in [2.75, 3.05) is 33.3 Å². The van der Waals surface area contributed by atoms with Crippen molar-refractivity contribution >= 4 is 0 Å². The van der Waals surface area contributed by atoms with Crippen molar-refractivity contribution < 1.29 is 4.74 Å². The van der Waals surface area contributed by atoms with E-state index in [1.165, 1.54) is 18.4 Å². The van der Waals surface area contributed by atoms with Crippen LogP contribution in [-0.2, 0) is 11.3 Å². The fraction of sp³-hybridized carbons (Fsp3) is 0.625. The van der Waals surface area contributed by atoms with Gasteiger partial charge in [0.1, 0.15) is 0 Å². The molecule has 1 atom stereocenters. The van der Waals surface area contributed by atoms with E-state index in [0.717, 1.165) is 38.7 Å². The molecule has 1 saturated heterocycles. The first-order chi connectivity index (χ1) is 9.33. The minimum atomic E-state index is 0.340. The van der Waals surface area contributed by atoms with Crippen molar-refractivity contribution in [3.63, 3.8) is 0 Å². The van der Waals surface area contributed by atoms with Crippen LogP contribution in [0.2, 0.25) is 0 Å². The van der Waals surface area contributed by atoms with Gasteiger partial charge in [-0.25, -0.2) is 0 Å². The van der Waals surface area contributed by atoms with Gasteiger partial charge in [-0.3, -0.25) is 0 Å². The van der Waals surface area contributed by atoms with E-state index in [1.807, 2.05) is 0 Å². The highest BCUT2D eigenvalue weighted by Gasteiger charge is 2.25. The summed E-state index contributed by atoms with van der Waals surface area (Å²) in [6.07, 6.45) is 3.08. The van der Waals surface area contributed by atoms with Crippen molar-refractivity contribution in [1.82, 2.24) is 10.2 Å². The first-order valence-corrected chi connectivity index (χ1v) is 7.41. The van der Waals surface area contributed by atoms with E-state index in [1.54, 1.807) is 5.56 Å². The Morgan fingerprint density at radius 2 is 2.16 bits per heavy atom. The van der Waals surface area contributed by atoms with Crippen LogP contribution >= 0.6 is 0 Å². The highest BCUT2D eigenvalue weighted by Crippen LogP contribution is 2.41. The summed E-state index contributed by atoms with van der Waals surface area (Å²) >= 11 is 0. The standard InChI is InChI=1S/C16H24N2O/c1-18-8-9-19-15(12-18)11-17-10-14-4-2-3-5-16(14)13-6-7-13/h2-5,13,15,17H,6-12H2,1H3. The lowest BCUT2D eigenvalue weighted by molar-refractivity contribution is -0.0182. The second kappa shape index (κ2) is 6.04. The van der Waals surface area contributed by atoms with Crippen molar-refractivity contribution in [3.8, 4) is 0 Å².